The van der Waals surface area contributed by atoms with Gasteiger partial charge in [-0.25, -0.2) is 17.5 Å². The van der Waals surface area contributed by atoms with E-state index in [0.717, 1.165) is 5.56 Å². The second-order valence-corrected chi connectivity index (χ2v) is 7.82. The standard InChI is InChI=1S/C21H20FNO3S/c22-19-13-7-8-14-21(19)26-15-20(18-11-5-2-6-12-18)23-27(24,25)16-17-9-3-1-4-10-17/h1-14,20,23H,15-16H2/t20-/m0/s1. The Kier molecular flexibility index (Phi) is 6.21. The van der Waals surface area contributed by atoms with Gasteiger partial charge in [-0.2, -0.15) is 0 Å². The van der Waals surface area contributed by atoms with Crippen LogP contribution >= 0.6 is 0 Å². The lowest BCUT2D eigenvalue weighted by molar-refractivity contribution is 0.269. The Morgan fingerprint density at radius 2 is 1.44 bits per heavy atom. The van der Waals surface area contributed by atoms with Gasteiger partial charge in [0.2, 0.25) is 10.0 Å². The maximum absolute atomic E-state index is 13.8. The number of nitrogens with one attached hydrogen (secondary N) is 1. The number of halogens is 1. The molecule has 0 fully saturated rings. The van der Waals surface area contributed by atoms with Gasteiger partial charge in [0.25, 0.3) is 0 Å². The van der Waals surface area contributed by atoms with E-state index in [-0.39, 0.29) is 18.1 Å². The first-order valence-electron chi connectivity index (χ1n) is 8.50. The molecule has 0 aliphatic heterocycles. The van der Waals surface area contributed by atoms with E-state index in [1.807, 2.05) is 24.3 Å². The van der Waals surface area contributed by atoms with Crippen LogP contribution in [0.25, 0.3) is 0 Å². The Labute approximate surface area is 158 Å². The van der Waals surface area contributed by atoms with Crippen molar-refractivity contribution in [2.75, 3.05) is 6.61 Å². The molecule has 1 atom stereocenters. The Morgan fingerprint density at radius 1 is 0.852 bits per heavy atom. The zero-order chi connectivity index (χ0) is 19.1. The monoisotopic (exact) mass is 385 g/mol. The molecule has 1 N–H and O–H groups in total. The molecule has 0 saturated heterocycles. The third-order valence-corrected chi connectivity index (χ3v) is 5.32. The molecule has 0 spiro atoms. The summed E-state index contributed by atoms with van der Waals surface area (Å²) in [4.78, 5) is 0. The van der Waals surface area contributed by atoms with Gasteiger partial charge in [0.05, 0.1) is 11.8 Å². The van der Waals surface area contributed by atoms with E-state index in [0.29, 0.717) is 5.56 Å². The summed E-state index contributed by atoms with van der Waals surface area (Å²) in [7, 11) is -3.62. The van der Waals surface area contributed by atoms with Crippen LogP contribution in [-0.2, 0) is 15.8 Å². The van der Waals surface area contributed by atoms with Crippen molar-refractivity contribution in [3.05, 3.63) is 102 Å². The van der Waals surface area contributed by atoms with Crippen molar-refractivity contribution in [3.63, 3.8) is 0 Å². The summed E-state index contributed by atoms with van der Waals surface area (Å²) >= 11 is 0. The molecule has 3 aromatic carbocycles. The number of hydrogen-bond acceptors (Lipinski definition) is 3. The van der Waals surface area contributed by atoms with Crippen LogP contribution in [0, 0.1) is 5.82 Å². The average molecular weight is 385 g/mol. The molecule has 0 aliphatic carbocycles. The summed E-state index contributed by atoms with van der Waals surface area (Å²) in [6.07, 6.45) is 0. The van der Waals surface area contributed by atoms with E-state index < -0.39 is 21.9 Å². The number of para-hydroxylation sites is 1. The number of ether oxygens (including phenoxy) is 1. The lowest BCUT2D eigenvalue weighted by atomic mass is 10.1. The van der Waals surface area contributed by atoms with Crippen molar-refractivity contribution in [2.45, 2.75) is 11.8 Å². The van der Waals surface area contributed by atoms with Gasteiger partial charge in [0.15, 0.2) is 11.6 Å². The summed E-state index contributed by atoms with van der Waals surface area (Å²) in [5.41, 5.74) is 1.43. The number of rotatable bonds is 8. The van der Waals surface area contributed by atoms with Crippen molar-refractivity contribution in [1.82, 2.24) is 4.72 Å². The number of hydrogen-bond donors (Lipinski definition) is 1. The van der Waals surface area contributed by atoms with Gasteiger partial charge in [-0.15, -0.1) is 0 Å². The predicted octanol–water partition coefficient (Wildman–Crippen LogP) is 4.07. The van der Waals surface area contributed by atoms with Crippen LogP contribution in [0.3, 0.4) is 0 Å². The molecule has 0 radical (unpaired) electrons. The molecule has 3 aromatic rings. The molecule has 0 unspecified atom stereocenters. The second-order valence-electron chi connectivity index (χ2n) is 6.07. The van der Waals surface area contributed by atoms with Crippen LogP contribution in [0.5, 0.6) is 5.75 Å². The lowest BCUT2D eigenvalue weighted by Gasteiger charge is -2.20. The molecule has 3 rings (SSSR count). The molecule has 0 amide bonds. The molecule has 4 nitrogen and oxygen atoms in total. The number of sulfonamides is 1. The first-order valence-corrected chi connectivity index (χ1v) is 10.1. The highest BCUT2D eigenvalue weighted by Gasteiger charge is 2.21. The van der Waals surface area contributed by atoms with Crippen molar-refractivity contribution >= 4 is 10.0 Å². The molecule has 0 aliphatic rings. The highest BCUT2D eigenvalue weighted by molar-refractivity contribution is 7.88. The van der Waals surface area contributed by atoms with Gasteiger partial charge < -0.3 is 4.74 Å². The molecule has 0 heterocycles. The zero-order valence-electron chi connectivity index (χ0n) is 14.6. The van der Waals surface area contributed by atoms with E-state index in [1.54, 1.807) is 48.5 Å². The minimum Gasteiger partial charge on any atom is -0.488 e. The minimum absolute atomic E-state index is 0.0288. The average Bonchev–Trinajstić information content (AvgIpc) is 2.67. The van der Waals surface area contributed by atoms with Crippen molar-refractivity contribution in [1.29, 1.82) is 0 Å². The number of benzene rings is 3. The Bertz CT molecular complexity index is 963. The van der Waals surface area contributed by atoms with Gasteiger partial charge in [-0.3, -0.25) is 0 Å². The quantitative estimate of drug-likeness (QED) is 0.636. The molecular formula is C21H20FNO3S. The first-order chi connectivity index (χ1) is 13.0. The normalized spacial score (nSPS) is 12.5. The van der Waals surface area contributed by atoms with Gasteiger partial charge in [-0.1, -0.05) is 72.8 Å². The fourth-order valence-corrected chi connectivity index (χ4v) is 4.02. The van der Waals surface area contributed by atoms with Gasteiger partial charge >= 0.3 is 0 Å². The summed E-state index contributed by atoms with van der Waals surface area (Å²) in [5.74, 6) is -0.547. The Balaban J connectivity index is 1.77. The van der Waals surface area contributed by atoms with Gasteiger partial charge in [0, 0.05) is 0 Å². The first kappa shape index (κ1) is 19.1. The van der Waals surface area contributed by atoms with Crippen molar-refractivity contribution in [2.24, 2.45) is 0 Å². The minimum atomic E-state index is -3.62. The molecule has 6 heteroatoms. The van der Waals surface area contributed by atoms with Crippen LogP contribution in [0.1, 0.15) is 17.2 Å². The molecule has 0 saturated carbocycles. The maximum atomic E-state index is 13.8. The van der Waals surface area contributed by atoms with E-state index in [1.165, 1.54) is 12.1 Å². The molecule has 140 valence electrons. The predicted molar refractivity (Wildman–Crippen MR) is 103 cm³/mol. The van der Waals surface area contributed by atoms with E-state index >= 15 is 0 Å². The van der Waals surface area contributed by atoms with Crippen molar-refractivity contribution in [3.8, 4) is 5.75 Å². The third-order valence-electron chi connectivity index (χ3n) is 3.97. The van der Waals surface area contributed by atoms with Crippen LogP contribution < -0.4 is 9.46 Å². The van der Waals surface area contributed by atoms with E-state index in [4.69, 9.17) is 4.74 Å². The highest BCUT2D eigenvalue weighted by Crippen LogP contribution is 2.20. The summed E-state index contributed by atoms with van der Waals surface area (Å²) < 4.78 is 47.3. The van der Waals surface area contributed by atoms with Gasteiger partial charge in [0.1, 0.15) is 6.61 Å². The van der Waals surface area contributed by atoms with Crippen LogP contribution in [-0.4, -0.2) is 15.0 Å². The van der Waals surface area contributed by atoms with Crippen molar-refractivity contribution < 1.29 is 17.5 Å². The smallest absolute Gasteiger partial charge is 0.216 e. The topological polar surface area (TPSA) is 55.4 Å². The zero-order valence-corrected chi connectivity index (χ0v) is 15.4. The molecule has 0 aromatic heterocycles. The SMILES string of the molecule is O=S(=O)(Cc1ccccc1)N[C@@H](COc1ccccc1F)c1ccccc1. The summed E-state index contributed by atoms with van der Waals surface area (Å²) in [5, 5.41) is 0. The Hall–Kier alpha value is -2.70. The summed E-state index contributed by atoms with van der Waals surface area (Å²) in [6, 6.07) is 23.4. The molecule has 0 bridgehead atoms. The highest BCUT2D eigenvalue weighted by atomic mass is 32.2. The van der Waals surface area contributed by atoms with Gasteiger partial charge in [-0.05, 0) is 23.3 Å². The van der Waals surface area contributed by atoms with E-state index in [9.17, 15) is 12.8 Å². The van der Waals surface area contributed by atoms with Crippen LogP contribution in [0.2, 0.25) is 0 Å². The third kappa shape index (κ3) is 5.64. The van der Waals surface area contributed by atoms with E-state index in [2.05, 4.69) is 4.72 Å². The fourth-order valence-electron chi connectivity index (χ4n) is 2.67. The van der Waals surface area contributed by atoms with Crippen LogP contribution in [0.15, 0.2) is 84.9 Å². The largest absolute Gasteiger partial charge is 0.488 e. The second kappa shape index (κ2) is 8.79. The maximum Gasteiger partial charge on any atom is 0.216 e. The lowest BCUT2D eigenvalue weighted by Crippen LogP contribution is -2.33. The fraction of sp³-hybridized carbons (Fsp3) is 0.143. The summed E-state index contributed by atoms with van der Waals surface area (Å²) in [6.45, 7) is -0.0288. The Morgan fingerprint density at radius 3 is 2.11 bits per heavy atom. The molecular weight excluding hydrogens is 365 g/mol. The van der Waals surface area contributed by atoms with Crippen LogP contribution in [0.4, 0.5) is 4.39 Å². The molecule has 27 heavy (non-hydrogen) atoms.